The fourth-order valence-electron chi connectivity index (χ4n) is 1.15. The second kappa shape index (κ2) is 4.56. The van der Waals surface area contributed by atoms with E-state index in [1.165, 1.54) is 0 Å². The summed E-state index contributed by atoms with van der Waals surface area (Å²) in [5, 5.41) is 0. The fraction of sp³-hybridized carbons (Fsp3) is 0.625. The first-order valence-electron chi connectivity index (χ1n) is 4.52. The number of hydrogen-bond donors (Lipinski definition) is 1. The molecule has 1 aromatic heterocycles. The van der Waals surface area contributed by atoms with Gasteiger partial charge in [0.05, 0.1) is 7.05 Å². The first-order valence-corrected chi connectivity index (χ1v) is 6.17. The number of aryl methyl sites for hydroxylation is 2. The van der Waals surface area contributed by atoms with Gasteiger partial charge in [-0.15, -0.1) is 0 Å². The summed E-state index contributed by atoms with van der Waals surface area (Å²) in [5.74, 6) is 0.121. The van der Waals surface area contributed by atoms with Crippen molar-refractivity contribution in [3.8, 4) is 0 Å². The minimum atomic E-state index is -3.10. The van der Waals surface area contributed by atoms with Crippen LogP contribution in [0.25, 0.3) is 0 Å². The minimum Gasteiger partial charge on any atom is -0.240 e. The Morgan fingerprint density at radius 2 is 2.21 bits per heavy atom. The van der Waals surface area contributed by atoms with E-state index in [0.29, 0.717) is 13.1 Å². The molecule has 0 unspecified atom stereocenters. The lowest BCUT2D eigenvalue weighted by molar-refractivity contribution is -0.671. The maximum atomic E-state index is 11.3. The van der Waals surface area contributed by atoms with Gasteiger partial charge in [-0.1, -0.05) is 6.92 Å². The molecule has 1 heterocycles. The van der Waals surface area contributed by atoms with Gasteiger partial charge in [0.25, 0.3) is 0 Å². The standard InChI is InChI=1S/C8H16N3O2S/c1-3-9-14(12,13)7-6-11-5-4-10(2)8-11/h4-5,8-9H,3,6-7H2,1-2H3/q+1. The van der Waals surface area contributed by atoms with Gasteiger partial charge >= 0.3 is 0 Å². The molecule has 0 saturated carbocycles. The lowest BCUT2D eigenvalue weighted by atomic mass is 10.7. The summed E-state index contributed by atoms with van der Waals surface area (Å²) in [6.45, 7) is 2.70. The minimum absolute atomic E-state index is 0.121. The topological polar surface area (TPSA) is 55.0 Å². The van der Waals surface area contributed by atoms with E-state index in [1.807, 2.05) is 34.9 Å². The van der Waals surface area contributed by atoms with Crippen molar-refractivity contribution in [1.29, 1.82) is 0 Å². The molecular formula is C8H16N3O2S+. The maximum absolute atomic E-state index is 11.3. The normalized spacial score (nSPS) is 11.9. The molecule has 80 valence electrons. The quantitative estimate of drug-likeness (QED) is 0.661. The second-order valence-electron chi connectivity index (χ2n) is 3.13. The van der Waals surface area contributed by atoms with Gasteiger partial charge in [0.15, 0.2) is 0 Å². The average Bonchev–Trinajstić information content (AvgIpc) is 2.48. The summed E-state index contributed by atoms with van der Waals surface area (Å²) in [7, 11) is -1.20. The van der Waals surface area contributed by atoms with E-state index in [1.54, 1.807) is 6.92 Å². The van der Waals surface area contributed by atoms with Crippen molar-refractivity contribution in [2.75, 3.05) is 12.3 Å². The molecular weight excluding hydrogens is 202 g/mol. The van der Waals surface area contributed by atoms with Crippen molar-refractivity contribution in [3.63, 3.8) is 0 Å². The van der Waals surface area contributed by atoms with Crippen LogP contribution in [0.5, 0.6) is 0 Å². The highest BCUT2D eigenvalue weighted by atomic mass is 32.2. The molecule has 0 aliphatic rings. The van der Waals surface area contributed by atoms with E-state index in [4.69, 9.17) is 0 Å². The number of aromatic nitrogens is 2. The number of imidazole rings is 1. The Morgan fingerprint density at radius 1 is 1.50 bits per heavy atom. The second-order valence-corrected chi connectivity index (χ2v) is 5.06. The van der Waals surface area contributed by atoms with Crippen LogP contribution in [0.1, 0.15) is 6.92 Å². The van der Waals surface area contributed by atoms with Crippen LogP contribution >= 0.6 is 0 Å². The predicted octanol–water partition coefficient (Wildman–Crippen LogP) is -0.748. The molecule has 0 aliphatic carbocycles. The van der Waals surface area contributed by atoms with E-state index in [2.05, 4.69) is 4.72 Å². The van der Waals surface area contributed by atoms with Gasteiger partial charge in [-0.2, -0.15) is 0 Å². The molecule has 0 saturated heterocycles. The zero-order chi connectivity index (χ0) is 10.6. The molecule has 0 bridgehead atoms. The summed E-state index contributed by atoms with van der Waals surface area (Å²) in [5.41, 5.74) is 0. The number of nitrogens with zero attached hydrogens (tertiary/aromatic N) is 2. The van der Waals surface area contributed by atoms with Crippen LogP contribution in [-0.4, -0.2) is 25.3 Å². The predicted molar refractivity (Wildman–Crippen MR) is 53.1 cm³/mol. The molecule has 0 aliphatic heterocycles. The summed E-state index contributed by atoms with van der Waals surface area (Å²) in [6, 6.07) is 0. The lowest BCUT2D eigenvalue weighted by Gasteiger charge is -2.01. The van der Waals surface area contributed by atoms with Crippen LogP contribution in [0.2, 0.25) is 0 Å². The lowest BCUT2D eigenvalue weighted by Crippen LogP contribution is -2.28. The highest BCUT2D eigenvalue weighted by Crippen LogP contribution is 1.89. The van der Waals surface area contributed by atoms with E-state index in [0.717, 1.165) is 0 Å². The first kappa shape index (κ1) is 11.2. The third kappa shape index (κ3) is 3.47. The zero-order valence-electron chi connectivity index (χ0n) is 8.47. The van der Waals surface area contributed by atoms with E-state index >= 15 is 0 Å². The third-order valence-corrected chi connectivity index (χ3v) is 3.25. The van der Waals surface area contributed by atoms with Crippen LogP contribution in [-0.2, 0) is 23.6 Å². The molecule has 0 amide bonds. The molecule has 0 spiro atoms. The van der Waals surface area contributed by atoms with Crippen molar-refractivity contribution >= 4 is 10.0 Å². The van der Waals surface area contributed by atoms with Crippen LogP contribution < -0.4 is 9.29 Å². The molecule has 1 rings (SSSR count). The van der Waals surface area contributed by atoms with Crippen LogP contribution in [0.15, 0.2) is 18.7 Å². The average molecular weight is 218 g/mol. The molecule has 5 nitrogen and oxygen atoms in total. The Hall–Kier alpha value is -0.880. The van der Waals surface area contributed by atoms with Gasteiger partial charge < -0.3 is 0 Å². The zero-order valence-corrected chi connectivity index (χ0v) is 9.29. The van der Waals surface area contributed by atoms with Crippen LogP contribution in [0.3, 0.4) is 0 Å². The number of sulfonamides is 1. The Morgan fingerprint density at radius 3 is 2.71 bits per heavy atom. The molecule has 6 heteroatoms. The Labute approximate surface area is 84.4 Å². The highest BCUT2D eigenvalue weighted by molar-refractivity contribution is 7.89. The molecule has 0 fully saturated rings. The van der Waals surface area contributed by atoms with E-state index < -0.39 is 10.0 Å². The highest BCUT2D eigenvalue weighted by Gasteiger charge is 2.10. The van der Waals surface area contributed by atoms with Gasteiger partial charge in [0.1, 0.15) is 24.7 Å². The fourth-order valence-corrected chi connectivity index (χ4v) is 2.19. The molecule has 0 aromatic carbocycles. The Bertz CT molecular complexity index is 383. The van der Waals surface area contributed by atoms with Crippen molar-refractivity contribution in [2.45, 2.75) is 13.5 Å². The van der Waals surface area contributed by atoms with Crippen molar-refractivity contribution in [1.82, 2.24) is 9.29 Å². The largest absolute Gasteiger partial charge is 0.243 e. The van der Waals surface area contributed by atoms with Crippen LogP contribution in [0.4, 0.5) is 0 Å². The molecule has 0 radical (unpaired) electrons. The summed E-state index contributed by atoms with van der Waals surface area (Å²) < 4.78 is 28.7. The van der Waals surface area contributed by atoms with Crippen molar-refractivity contribution < 1.29 is 13.0 Å². The van der Waals surface area contributed by atoms with Gasteiger partial charge in [0.2, 0.25) is 16.4 Å². The monoisotopic (exact) mass is 218 g/mol. The van der Waals surface area contributed by atoms with Gasteiger partial charge in [-0.05, 0) is 0 Å². The number of rotatable bonds is 5. The smallest absolute Gasteiger partial charge is 0.240 e. The van der Waals surface area contributed by atoms with E-state index in [-0.39, 0.29) is 5.75 Å². The number of nitrogens with one attached hydrogen (secondary N) is 1. The van der Waals surface area contributed by atoms with Gasteiger partial charge in [0, 0.05) is 6.54 Å². The molecule has 1 N–H and O–H groups in total. The molecule has 14 heavy (non-hydrogen) atoms. The summed E-state index contributed by atoms with van der Waals surface area (Å²) >= 11 is 0. The van der Waals surface area contributed by atoms with Gasteiger partial charge in [-0.3, -0.25) is 0 Å². The Balaban J connectivity index is 2.48. The molecule has 0 atom stereocenters. The third-order valence-electron chi connectivity index (χ3n) is 1.81. The Kier molecular flexibility index (Phi) is 3.65. The first-order chi connectivity index (χ1) is 6.53. The van der Waals surface area contributed by atoms with Crippen molar-refractivity contribution in [2.24, 2.45) is 7.05 Å². The maximum Gasteiger partial charge on any atom is 0.243 e. The number of hydrogen-bond acceptors (Lipinski definition) is 2. The summed E-state index contributed by atoms with van der Waals surface area (Å²) in [6.07, 6.45) is 5.57. The van der Waals surface area contributed by atoms with E-state index in [9.17, 15) is 8.42 Å². The van der Waals surface area contributed by atoms with Gasteiger partial charge in [-0.25, -0.2) is 22.3 Å². The summed E-state index contributed by atoms with van der Waals surface area (Å²) in [4.78, 5) is 0. The SMILES string of the molecule is CCNS(=O)(=O)CCn1cc[n+](C)c1. The van der Waals surface area contributed by atoms with Crippen LogP contribution in [0, 0.1) is 0 Å². The molecule has 1 aromatic rings. The van der Waals surface area contributed by atoms with Crippen molar-refractivity contribution in [3.05, 3.63) is 18.7 Å².